The van der Waals surface area contributed by atoms with E-state index < -0.39 is 0 Å². The van der Waals surface area contributed by atoms with Crippen LogP contribution in [0, 0.1) is 11.7 Å². The molecule has 0 fully saturated rings. The van der Waals surface area contributed by atoms with Crippen LogP contribution in [0.4, 0.5) is 4.39 Å². The maximum atomic E-state index is 13.4. The molecule has 2 nitrogen and oxygen atoms in total. The van der Waals surface area contributed by atoms with Gasteiger partial charge in [0.25, 0.3) is 0 Å². The molecule has 0 spiro atoms. The zero-order valence-electron chi connectivity index (χ0n) is 12.7. The fourth-order valence-electron chi connectivity index (χ4n) is 2.72. The summed E-state index contributed by atoms with van der Waals surface area (Å²) in [6.45, 7) is 8.61. The molecule has 0 saturated carbocycles. The summed E-state index contributed by atoms with van der Waals surface area (Å²) >= 11 is 0. The smallest absolute Gasteiger partial charge is 0.123 e. The van der Waals surface area contributed by atoms with Gasteiger partial charge in [-0.05, 0) is 50.9 Å². The van der Waals surface area contributed by atoms with Crippen molar-refractivity contribution in [1.29, 1.82) is 0 Å². The van der Waals surface area contributed by atoms with E-state index in [1.165, 1.54) is 6.07 Å². The van der Waals surface area contributed by atoms with Crippen LogP contribution in [0.3, 0.4) is 0 Å². The van der Waals surface area contributed by atoms with Crippen LogP contribution < -0.4 is 5.73 Å². The second-order valence-electron chi connectivity index (χ2n) is 6.00. The minimum atomic E-state index is -0.201. The summed E-state index contributed by atoms with van der Waals surface area (Å²) in [6.07, 6.45) is 1.11. The molecule has 1 rings (SSSR count). The third-order valence-corrected chi connectivity index (χ3v) is 3.63. The first-order valence-corrected chi connectivity index (χ1v) is 7.06. The van der Waals surface area contributed by atoms with Crippen molar-refractivity contribution in [2.24, 2.45) is 11.7 Å². The van der Waals surface area contributed by atoms with Gasteiger partial charge < -0.3 is 5.73 Å². The summed E-state index contributed by atoms with van der Waals surface area (Å²) in [5.74, 6) is 0.437. The number of rotatable bonds is 6. The van der Waals surface area contributed by atoms with Gasteiger partial charge in [0.15, 0.2) is 0 Å². The Morgan fingerprint density at radius 3 is 2.32 bits per heavy atom. The standard InChI is InChI=1S/C16H27FN2/c1-11(2)9-12(3)19(5)16(13(4)18)14-7-6-8-15(17)10-14/h6-8,10-13,16H,9,18H2,1-5H3. The molecule has 0 radical (unpaired) electrons. The predicted molar refractivity (Wildman–Crippen MR) is 79.5 cm³/mol. The van der Waals surface area contributed by atoms with Crippen molar-refractivity contribution in [3.05, 3.63) is 35.6 Å². The van der Waals surface area contributed by atoms with Crippen LogP contribution in [0.25, 0.3) is 0 Å². The lowest BCUT2D eigenvalue weighted by Crippen LogP contribution is -2.42. The Morgan fingerprint density at radius 2 is 1.84 bits per heavy atom. The lowest BCUT2D eigenvalue weighted by Gasteiger charge is -2.36. The first-order chi connectivity index (χ1) is 8.82. The van der Waals surface area contributed by atoms with E-state index in [4.69, 9.17) is 5.73 Å². The Labute approximate surface area is 116 Å². The molecule has 3 atom stereocenters. The third kappa shape index (κ3) is 4.59. The molecular weight excluding hydrogens is 239 g/mol. The van der Waals surface area contributed by atoms with Gasteiger partial charge in [-0.1, -0.05) is 26.0 Å². The molecule has 0 aromatic heterocycles. The van der Waals surface area contributed by atoms with Crippen LogP contribution in [0.1, 0.15) is 45.7 Å². The quantitative estimate of drug-likeness (QED) is 0.852. The molecule has 0 heterocycles. The average molecular weight is 266 g/mol. The highest BCUT2D eigenvalue weighted by Gasteiger charge is 2.25. The van der Waals surface area contributed by atoms with E-state index in [9.17, 15) is 4.39 Å². The fraction of sp³-hybridized carbons (Fsp3) is 0.625. The van der Waals surface area contributed by atoms with Gasteiger partial charge in [0, 0.05) is 18.1 Å². The van der Waals surface area contributed by atoms with Crippen molar-refractivity contribution >= 4 is 0 Å². The van der Waals surface area contributed by atoms with Crippen LogP contribution in [0.5, 0.6) is 0 Å². The molecule has 0 bridgehead atoms. The van der Waals surface area contributed by atoms with E-state index in [1.807, 2.05) is 13.0 Å². The van der Waals surface area contributed by atoms with Gasteiger partial charge in [0.1, 0.15) is 5.82 Å². The summed E-state index contributed by atoms with van der Waals surface area (Å²) in [4.78, 5) is 2.26. The normalized spacial score (nSPS) is 16.7. The van der Waals surface area contributed by atoms with Gasteiger partial charge in [0.05, 0.1) is 0 Å². The Hall–Kier alpha value is -0.930. The number of halogens is 1. The summed E-state index contributed by atoms with van der Waals surface area (Å²) < 4.78 is 13.4. The highest BCUT2D eigenvalue weighted by atomic mass is 19.1. The number of nitrogens with zero attached hydrogens (tertiary/aromatic N) is 1. The highest BCUT2D eigenvalue weighted by Crippen LogP contribution is 2.26. The first-order valence-electron chi connectivity index (χ1n) is 7.06. The van der Waals surface area contributed by atoms with Crippen LogP contribution in [-0.4, -0.2) is 24.0 Å². The summed E-state index contributed by atoms with van der Waals surface area (Å²) in [6, 6.07) is 7.19. The molecule has 3 unspecified atom stereocenters. The van der Waals surface area contributed by atoms with Gasteiger partial charge in [0.2, 0.25) is 0 Å². The van der Waals surface area contributed by atoms with Gasteiger partial charge >= 0.3 is 0 Å². The molecule has 0 saturated heterocycles. The van der Waals surface area contributed by atoms with Gasteiger partial charge in [-0.3, -0.25) is 4.90 Å². The minimum Gasteiger partial charge on any atom is -0.326 e. The van der Waals surface area contributed by atoms with Gasteiger partial charge in [-0.25, -0.2) is 4.39 Å². The molecule has 0 aliphatic heterocycles. The predicted octanol–water partition coefficient (Wildman–Crippen LogP) is 3.58. The van der Waals surface area contributed by atoms with Crippen molar-refractivity contribution in [3.8, 4) is 0 Å². The van der Waals surface area contributed by atoms with Crippen molar-refractivity contribution in [3.63, 3.8) is 0 Å². The van der Waals surface area contributed by atoms with Crippen LogP contribution in [0.2, 0.25) is 0 Å². The van der Waals surface area contributed by atoms with E-state index in [0.717, 1.165) is 12.0 Å². The van der Waals surface area contributed by atoms with E-state index in [-0.39, 0.29) is 17.9 Å². The zero-order chi connectivity index (χ0) is 14.6. The lowest BCUT2D eigenvalue weighted by molar-refractivity contribution is 0.148. The Morgan fingerprint density at radius 1 is 1.21 bits per heavy atom. The SMILES string of the molecule is CC(C)CC(C)N(C)C(c1cccc(F)c1)C(C)N. The third-order valence-electron chi connectivity index (χ3n) is 3.63. The molecule has 1 aromatic rings. The Bertz CT molecular complexity index is 390. The second kappa shape index (κ2) is 7.01. The molecular formula is C16H27FN2. The summed E-state index contributed by atoms with van der Waals surface area (Å²) in [7, 11) is 2.08. The number of hydrogen-bond acceptors (Lipinski definition) is 2. The van der Waals surface area contributed by atoms with E-state index in [0.29, 0.717) is 12.0 Å². The maximum absolute atomic E-state index is 13.4. The van der Waals surface area contributed by atoms with E-state index in [2.05, 4.69) is 32.7 Å². The number of hydrogen-bond donors (Lipinski definition) is 1. The largest absolute Gasteiger partial charge is 0.326 e. The topological polar surface area (TPSA) is 29.3 Å². The van der Waals surface area contributed by atoms with Crippen molar-refractivity contribution in [2.75, 3.05) is 7.05 Å². The Kier molecular flexibility index (Phi) is 5.95. The molecule has 0 amide bonds. The van der Waals surface area contributed by atoms with Gasteiger partial charge in [-0.15, -0.1) is 0 Å². The van der Waals surface area contributed by atoms with Crippen LogP contribution in [-0.2, 0) is 0 Å². The van der Waals surface area contributed by atoms with Gasteiger partial charge in [-0.2, -0.15) is 0 Å². The fourth-order valence-corrected chi connectivity index (χ4v) is 2.72. The molecule has 0 aliphatic carbocycles. The zero-order valence-corrected chi connectivity index (χ0v) is 12.7. The number of nitrogens with two attached hydrogens (primary N) is 1. The summed E-state index contributed by atoms with van der Waals surface area (Å²) in [5, 5.41) is 0. The molecule has 19 heavy (non-hydrogen) atoms. The first kappa shape index (κ1) is 16.1. The highest BCUT2D eigenvalue weighted by molar-refractivity contribution is 5.21. The van der Waals surface area contributed by atoms with E-state index >= 15 is 0 Å². The van der Waals surface area contributed by atoms with Crippen molar-refractivity contribution < 1.29 is 4.39 Å². The molecule has 2 N–H and O–H groups in total. The second-order valence-corrected chi connectivity index (χ2v) is 6.00. The molecule has 0 aliphatic rings. The molecule has 108 valence electrons. The Balaban J connectivity index is 2.94. The van der Waals surface area contributed by atoms with Crippen LogP contribution in [0.15, 0.2) is 24.3 Å². The molecule has 1 aromatic carbocycles. The van der Waals surface area contributed by atoms with Crippen LogP contribution >= 0.6 is 0 Å². The maximum Gasteiger partial charge on any atom is 0.123 e. The number of benzene rings is 1. The molecule has 3 heteroatoms. The lowest BCUT2D eigenvalue weighted by atomic mass is 9.96. The van der Waals surface area contributed by atoms with Crippen molar-refractivity contribution in [1.82, 2.24) is 4.90 Å². The van der Waals surface area contributed by atoms with Crippen molar-refractivity contribution in [2.45, 2.75) is 52.2 Å². The average Bonchev–Trinajstić information content (AvgIpc) is 2.27. The monoisotopic (exact) mass is 266 g/mol. The summed E-state index contributed by atoms with van der Waals surface area (Å²) in [5.41, 5.74) is 7.08. The number of likely N-dealkylation sites (N-methyl/N-ethyl adjacent to an activating group) is 1. The minimum absolute atomic E-state index is 0.0404. The van der Waals surface area contributed by atoms with E-state index in [1.54, 1.807) is 12.1 Å².